The zero-order valence-electron chi connectivity index (χ0n) is 9.28. The molecular formula is C13H11Cl2NO. The molecule has 0 spiro atoms. The van der Waals surface area contributed by atoms with Crippen molar-refractivity contribution in [2.45, 2.75) is 12.8 Å². The molecule has 0 amide bonds. The van der Waals surface area contributed by atoms with Crippen LogP contribution in [0.5, 0.6) is 11.5 Å². The zero-order valence-corrected chi connectivity index (χ0v) is 10.8. The Kier molecular flexibility index (Phi) is 3.87. The molecule has 2 aromatic rings. The maximum atomic E-state index is 5.83. The molecule has 0 saturated heterocycles. The summed E-state index contributed by atoms with van der Waals surface area (Å²) in [5, 5.41) is 0.681. The van der Waals surface area contributed by atoms with Gasteiger partial charge in [-0.1, -0.05) is 11.6 Å². The van der Waals surface area contributed by atoms with E-state index in [2.05, 4.69) is 4.98 Å². The average Bonchev–Trinajstić information content (AvgIpc) is 2.32. The summed E-state index contributed by atoms with van der Waals surface area (Å²) in [6, 6.07) is 9.06. The maximum absolute atomic E-state index is 5.83. The lowest BCUT2D eigenvalue weighted by Gasteiger charge is -2.09. The Morgan fingerprint density at radius 2 is 1.94 bits per heavy atom. The number of halogens is 2. The topological polar surface area (TPSA) is 22.1 Å². The fraction of sp³-hybridized carbons (Fsp3) is 0.154. The standard InChI is InChI=1S/C13H11Cl2NO/c1-9-6-13(10(7-14)8-16-9)17-12-4-2-11(15)3-5-12/h2-6,8H,7H2,1H3. The second-order valence-corrected chi connectivity index (χ2v) is 4.33. The number of hydrogen-bond donors (Lipinski definition) is 0. The summed E-state index contributed by atoms with van der Waals surface area (Å²) in [6.45, 7) is 1.91. The van der Waals surface area contributed by atoms with E-state index < -0.39 is 0 Å². The van der Waals surface area contributed by atoms with Crippen LogP contribution in [0.25, 0.3) is 0 Å². The Morgan fingerprint density at radius 1 is 1.24 bits per heavy atom. The molecule has 4 heteroatoms. The molecule has 0 atom stereocenters. The molecule has 1 aromatic carbocycles. The van der Waals surface area contributed by atoms with Gasteiger partial charge >= 0.3 is 0 Å². The Labute approximate surface area is 110 Å². The van der Waals surface area contributed by atoms with E-state index in [0.717, 1.165) is 22.8 Å². The molecule has 0 N–H and O–H groups in total. The summed E-state index contributed by atoms with van der Waals surface area (Å²) in [7, 11) is 0. The summed E-state index contributed by atoms with van der Waals surface area (Å²) in [6.07, 6.45) is 1.73. The number of ether oxygens (including phenoxy) is 1. The largest absolute Gasteiger partial charge is 0.457 e. The minimum absolute atomic E-state index is 0.371. The van der Waals surface area contributed by atoms with Gasteiger partial charge in [-0.3, -0.25) is 4.98 Å². The number of benzene rings is 1. The molecule has 17 heavy (non-hydrogen) atoms. The predicted molar refractivity (Wildman–Crippen MR) is 70.1 cm³/mol. The van der Waals surface area contributed by atoms with Crippen LogP contribution in [-0.2, 0) is 5.88 Å². The Hall–Kier alpha value is -1.25. The number of aryl methyl sites for hydroxylation is 1. The highest BCUT2D eigenvalue weighted by Crippen LogP contribution is 2.27. The number of aromatic nitrogens is 1. The van der Waals surface area contributed by atoms with Gasteiger partial charge in [0.1, 0.15) is 11.5 Å². The summed E-state index contributed by atoms with van der Waals surface area (Å²) < 4.78 is 5.75. The van der Waals surface area contributed by atoms with E-state index in [0.29, 0.717) is 10.9 Å². The quantitative estimate of drug-likeness (QED) is 0.760. The second kappa shape index (κ2) is 5.39. The third-order valence-electron chi connectivity index (χ3n) is 2.27. The molecule has 88 valence electrons. The van der Waals surface area contributed by atoms with Gasteiger partial charge < -0.3 is 4.74 Å². The lowest BCUT2D eigenvalue weighted by molar-refractivity contribution is 0.477. The first-order valence-electron chi connectivity index (χ1n) is 5.14. The molecule has 0 unspecified atom stereocenters. The maximum Gasteiger partial charge on any atom is 0.135 e. The van der Waals surface area contributed by atoms with Crippen LogP contribution in [0, 0.1) is 6.92 Å². The fourth-order valence-electron chi connectivity index (χ4n) is 1.39. The van der Waals surface area contributed by atoms with E-state index in [1.54, 1.807) is 18.3 Å². The highest BCUT2D eigenvalue weighted by Gasteiger charge is 2.05. The van der Waals surface area contributed by atoms with Gasteiger partial charge in [-0.05, 0) is 31.2 Å². The smallest absolute Gasteiger partial charge is 0.135 e. The van der Waals surface area contributed by atoms with Crippen molar-refractivity contribution in [1.82, 2.24) is 4.98 Å². The highest BCUT2D eigenvalue weighted by atomic mass is 35.5. The van der Waals surface area contributed by atoms with Crippen LogP contribution in [0.4, 0.5) is 0 Å². The molecule has 0 radical (unpaired) electrons. The lowest BCUT2D eigenvalue weighted by atomic mass is 10.2. The fourth-order valence-corrected chi connectivity index (χ4v) is 1.71. The zero-order chi connectivity index (χ0) is 12.3. The van der Waals surface area contributed by atoms with Crippen LogP contribution in [0.1, 0.15) is 11.3 Å². The van der Waals surface area contributed by atoms with Crippen molar-refractivity contribution >= 4 is 23.2 Å². The van der Waals surface area contributed by atoms with Gasteiger partial charge in [0.2, 0.25) is 0 Å². The molecule has 0 bridgehead atoms. The number of nitrogens with zero attached hydrogens (tertiary/aromatic N) is 1. The Bertz CT molecular complexity index is 511. The highest BCUT2D eigenvalue weighted by molar-refractivity contribution is 6.30. The van der Waals surface area contributed by atoms with Gasteiger partial charge in [-0.25, -0.2) is 0 Å². The Morgan fingerprint density at radius 3 is 2.59 bits per heavy atom. The third kappa shape index (κ3) is 3.11. The van der Waals surface area contributed by atoms with E-state index in [-0.39, 0.29) is 0 Å². The van der Waals surface area contributed by atoms with Crippen molar-refractivity contribution in [2.75, 3.05) is 0 Å². The monoisotopic (exact) mass is 267 g/mol. The van der Waals surface area contributed by atoms with E-state index >= 15 is 0 Å². The van der Waals surface area contributed by atoms with E-state index in [9.17, 15) is 0 Å². The van der Waals surface area contributed by atoms with Gasteiger partial charge in [-0.2, -0.15) is 0 Å². The normalized spacial score (nSPS) is 10.3. The number of alkyl halides is 1. The van der Waals surface area contributed by atoms with Crippen molar-refractivity contribution < 1.29 is 4.74 Å². The molecule has 0 fully saturated rings. The van der Waals surface area contributed by atoms with Gasteiger partial charge in [-0.15, -0.1) is 11.6 Å². The SMILES string of the molecule is Cc1cc(Oc2ccc(Cl)cc2)c(CCl)cn1. The van der Waals surface area contributed by atoms with Crippen LogP contribution < -0.4 is 4.74 Å². The van der Waals surface area contributed by atoms with Gasteiger partial charge in [0, 0.05) is 28.5 Å². The minimum atomic E-state index is 0.371. The number of pyridine rings is 1. The van der Waals surface area contributed by atoms with E-state index in [4.69, 9.17) is 27.9 Å². The van der Waals surface area contributed by atoms with Crippen LogP contribution >= 0.6 is 23.2 Å². The molecule has 0 saturated carbocycles. The predicted octanol–water partition coefficient (Wildman–Crippen LogP) is 4.57. The average molecular weight is 268 g/mol. The molecule has 0 aliphatic carbocycles. The lowest BCUT2D eigenvalue weighted by Crippen LogP contribution is -1.92. The van der Waals surface area contributed by atoms with Crippen LogP contribution in [0.15, 0.2) is 36.5 Å². The second-order valence-electron chi connectivity index (χ2n) is 3.62. The Balaban J connectivity index is 2.28. The first kappa shape index (κ1) is 12.2. The van der Waals surface area contributed by atoms with Gasteiger partial charge in [0.15, 0.2) is 0 Å². The van der Waals surface area contributed by atoms with Crippen LogP contribution in [0.2, 0.25) is 5.02 Å². The van der Waals surface area contributed by atoms with Gasteiger partial charge in [0.05, 0.1) is 5.88 Å². The first-order chi connectivity index (χ1) is 8.19. The van der Waals surface area contributed by atoms with Crippen LogP contribution in [0.3, 0.4) is 0 Å². The van der Waals surface area contributed by atoms with Crippen molar-refractivity contribution in [2.24, 2.45) is 0 Å². The summed E-state index contributed by atoms with van der Waals surface area (Å²) in [4.78, 5) is 4.18. The summed E-state index contributed by atoms with van der Waals surface area (Å²) >= 11 is 11.6. The summed E-state index contributed by atoms with van der Waals surface area (Å²) in [5.41, 5.74) is 1.76. The van der Waals surface area contributed by atoms with E-state index in [1.165, 1.54) is 0 Å². The number of hydrogen-bond acceptors (Lipinski definition) is 2. The van der Waals surface area contributed by atoms with Crippen molar-refractivity contribution in [1.29, 1.82) is 0 Å². The number of rotatable bonds is 3. The van der Waals surface area contributed by atoms with Crippen molar-refractivity contribution in [3.63, 3.8) is 0 Å². The molecular weight excluding hydrogens is 257 g/mol. The van der Waals surface area contributed by atoms with Crippen molar-refractivity contribution in [3.8, 4) is 11.5 Å². The molecule has 0 aliphatic rings. The van der Waals surface area contributed by atoms with Crippen molar-refractivity contribution in [3.05, 3.63) is 52.8 Å². The van der Waals surface area contributed by atoms with Crippen LogP contribution in [-0.4, -0.2) is 4.98 Å². The van der Waals surface area contributed by atoms with Gasteiger partial charge in [0.25, 0.3) is 0 Å². The molecule has 0 aliphatic heterocycles. The summed E-state index contributed by atoms with van der Waals surface area (Å²) in [5.74, 6) is 1.83. The van der Waals surface area contributed by atoms with E-state index in [1.807, 2.05) is 25.1 Å². The minimum Gasteiger partial charge on any atom is -0.457 e. The molecule has 2 rings (SSSR count). The third-order valence-corrected chi connectivity index (χ3v) is 2.81. The molecule has 2 nitrogen and oxygen atoms in total. The molecule has 1 heterocycles. The molecule has 1 aromatic heterocycles. The first-order valence-corrected chi connectivity index (χ1v) is 6.05.